The lowest BCUT2D eigenvalue weighted by Crippen LogP contribution is -2.36. The summed E-state index contributed by atoms with van der Waals surface area (Å²) in [6.45, 7) is 6.91. The molecule has 0 saturated carbocycles. The maximum absolute atomic E-state index is 10.8. The first kappa shape index (κ1) is 7.70. The Morgan fingerprint density at radius 2 is 2.12 bits per heavy atom. The molecule has 0 fully saturated rings. The van der Waals surface area contributed by atoms with Gasteiger partial charge < -0.3 is 5.11 Å². The fourth-order valence-electron chi connectivity index (χ4n) is 0.450. The smallest absolute Gasteiger partial charge is 0.0361 e. The van der Waals surface area contributed by atoms with Gasteiger partial charge in [-0.25, -0.2) is 0 Å². The maximum Gasteiger partial charge on any atom is -0.0361 e. The standard InChI is InChI=1S/C7H13O/c1-4-5-6-7(2,3)8/h4H,1,5-6H2,2-3H3/q-1. The minimum atomic E-state index is -0.770. The van der Waals surface area contributed by atoms with Crippen LogP contribution in [-0.2, 0) is 0 Å². The predicted molar refractivity (Wildman–Crippen MR) is 33.5 cm³/mol. The Morgan fingerprint density at radius 1 is 1.62 bits per heavy atom. The average molecular weight is 113 g/mol. The Morgan fingerprint density at radius 3 is 2.25 bits per heavy atom. The maximum atomic E-state index is 10.8. The second-order valence-corrected chi connectivity index (χ2v) is 2.59. The van der Waals surface area contributed by atoms with E-state index in [4.69, 9.17) is 0 Å². The molecule has 0 N–H and O–H groups in total. The summed E-state index contributed by atoms with van der Waals surface area (Å²) in [5.41, 5.74) is -0.770. The zero-order chi connectivity index (χ0) is 6.62. The fourth-order valence-corrected chi connectivity index (χ4v) is 0.450. The zero-order valence-electron chi connectivity index (χ0n) is 5.61. The van der Waals surface area contributed by atoms with Gasteiger partial charge in [0.05, 0.1) is 0 Å². The molecule has 0 aromatic carbocycles. The molecule has 0 rings (SSSR count). The van der Waals surface area contributed by atoms with E-state index in [0.29, 0.717) is 6.42 Å². The minimum absolute atomic E-state index is 0.691. The third-order valence-corrected chi connectivity index (χ3v) is 0.951. The van der Waals surface area contributed by atoms with Crippen molar-refractivity contribution in [3.63, 3.8) is 0 Å². The molecule has 0 aromatic rings. The van der Waals surface area contributed by atoms with E-state index < -0.39 is 5.60 Å². The molecule has 0 spiro atoms. The Balaban J connectivity index is 3.24. The first-order valence-corrected chi connectivity index (χ1v) is 2.87. The van der Waals surface area contributed by atoms with E-state index in [1.54, 1.807) is 19.9 Å². The highest BCUT2D eigenvalue weighted by molar-refractivity contribution is 4.72. The van der Waals surface area contributed by atoms with Gasteiger partial charge in [0.25, 0.3) is 0 Å². The summed E-state index contributed by atoms with van der Waals surface area (Å²) in [6, 6.07) is 0. The molecule has 0 unspecified atom stereocenters. The molecular formula is C7H13O-. The van der Waals surface area contributed by atoms with Crippen LogP contribution in [0, 0.1) is 0 Å². The summed E-state index contributed by atoms with van der Waals surface area (Å²) in [5.74, 6) is 0. The SMILES string of the molecule is C=CCCC(C)(C)[O-]. The Bertz CT molecular complexity index is 68.9. The number of allylic oxidation sites excluding steroid dienone is 1. The van der Waals surface area contributed by atoms with Gasteiger partial charge in [-0.1, -0.05) is 26.3 Å². The Hall–Kier alpha value is -0.300. The largest absolute Gasteiger partial charge is 0.850 e. The highest BCUT2D eigenvalue weighted by Crippen LogP contribution is 2.05. The molecule has 0 bridgehead atoms. The molecule has 0 aromatic heterocycles. The summed E-state index contributed by atoms with van der Waals surface area (Å²) < 4.78 is 0. The van der Waals surface area contributed by atoms with Crippen molar-refractivity contribution in [3.05, 3.63) is 12.7 Å². The molecule has 1 heteroatoms. The van der Waals surface area contributed by atoms with E-state index in [2.05, 4.69) is 6.58 Å². The Labute approximate surface area is 51.0 Å². The first-order valence-electron chi connectivity index (χ1n) is 2.87. The molecule has 0 aliphatic rings. The lowest BCUT2D eigenvalue weighted by molar-refractivity contribution is -0.466. The summed E-state index contributed by atoms with van der Waals surface area (Å²) in [5, 5.41) is 10.8. The molecule has 0 atom stereocenters. The van der Waals surface area contributed by atoms with Gasteiger partial charge in [-0.3, -0.25) is 0 Å². The van der Waals surface area contributed by atoms with Crippen LogP contribution < -0.4 is 5.11 Å². The summed E-state index contributed by atoms with van der Waals surface area (Å²) >= 11 is 0. The van der Waals surface area contributed by atoms with Crippen molar-refractivity contribution >= 4 is 0 Å². The van der Waals surface area contributed by atoms with Gasteiger partial charge in [-0.15, -0.1) is 12.2 Å². The summed E-state index contributed by atoms with van der Waals surface area (Å²) in [7, 11) is 0. The fraction of sp³-hybridized carbons (Fsp3) is 0.714. The molecule has 0 amide bonds. The van der Waals surface area contributed by atoms with Gasteiger partial charge in [0.15, 0.2) is 0 Å². The molecule has 1 nitrogen and oxygen atoms in total. The first-order chi connectivity index (χ1) is 3.56. The van der Waals surface area contributed by atoms with Crippen LogP contribution in [0.5, 0.6) is 0 Å². The molecule has 0 aliphatic heterocycles. The quantitative estimate of drug-likeness (QED) is 0.502. The van der Waals surface area contributed by atoms with Crippen molar-refractivity contribution in [1.82, 2.24) is 0 Å². The van der Waals surface area contributed by atoms with Gasteiger partial charge >= 0.3 is 0 Å². The second kappa shape index (κ2) is 2.88. The van der Waals surface area contributed by atoms with Gasteiger partial charge in [-0.05, 0) is 6.42 Å². The monoisotopic (exact) mass is 113 g/mol. The van der Waals surface area contributed by atoms with Crippen LogP contribution in [0.15, 0.2) is 12.7 Å². The van der Waals surface area contributed by atoms with Crippen LogP contribution in [0.4, 0.5) is 0 Å². The lowest BCUT2D eigenvalue weighted by atomic mass is 10.0. The third-order valence-electron chi connectivity index (χ3n) is 0.951. The topological polar surface area (TPSA) is 23.1 Å². The lowest BCUT2D eigenvalue weighted by Gasteiger charge is -2.30. The van der Waals surface area contributed by atoms with Crippen molar-refractivity contribution in [2.24, 2.45) is 0 Å². The Kier molecular flexibility index (Phi) is 2.77. The molecular weight excluding hydrogens is 100 g/mol. The van der Waals surface area contributed by atoms with Crippen molar-refractivity contribution in [2.75, 3.05) is 0 Å². The molecule has 8 heavy (non-hydrogen) atoms. The van der Waals surface area contributed by atoms with E-state index >= 15 is 0 Å². The van der Waals surface area contributed by atoms with E-state index in [1.807, 2.05) is 0 Å². The third kappa shape index (κ3) is 5.70. The summed E-state index contributed by atoms with van der Waals surface area (Å²) in [4.78, 5) is 0. The van der Waals surface area contributed by atoms with Crippen LogP contribution in [0.1, 0.15) is 26.7 Å². The molecule has 0 radical (unpaired) electrons. The van der Waals surface area contributed by atoms with Crippen molar-refractivity contribution in [1.29, 1.82) is 0 Å². The molecule has 0 heterocycles. The van der Waals surface area contributed by atoms with Crippen LogP contribution >= 0.6 is 0 Å². The molecule has 0 saturated heterocycles. The normalized spacial score (nSPS) is 11.4. The van der Waals surface area contributed by atoms with Crippen LogP contribution in [0.25, 0.3) is 0 Å². The van der Waals surface area contributed by atoms with Gasteiger partial charge in [-0.2, -0.15) is 0 Å². The number of hydrogen-bond donors (Lipinski definition) is 0. The van der Waals surface area contributed by atoms with E-state index in [1.165, 1.54) is 0 Å². The minimum Gasteiger partial charge on any atom is -0.850 e. The van der Waals surface area contributed by atoms with Crippen molar-refractivity contribution in [3.8, 4) is 0 Å². The van der Waals surface area contributed by atoms with Crippen molar-refractivity contribution in [2.45, 2.75) is 32.3 Å². The van der Waals surface area contributed by atoms with Gasteiger partial charge in [0.2, 0.25) is 0 Å². The predicted octanol–water partition coefficient (Wildman–Crippen LogP) is 1.09. The van der Waals surface area contributed by atoms with Crippen LogP contribution in [0.3, 0.4) is 0 Å². The van der Waals surface area contributed by atoms with Crippen LogP contribution in [0.2, 0.25) is 0 Å². The molecule has 0 aliphatic carbocycles. The number of hydrogen-bond acceptors (Lipinski definition) is 1. The van der Waals surface area contributed by atoms with Gasteiger partial charge in [0.1, 0.15) is 0 Å². The van der Waals surface area contributed by atoms with E-state index in [-0.39, 0.29) is 0 Å². The van der Waals surface area contributed by atoms with E-state index in [0.717, 1.165) is 6.42 Å². The zero-order valence-corrected chi connectivity index (χ0v) is 5.61. The second-order valence-electron chi connectivity index (χ2n) is 2.59. The number of rotatable bonds is 3. The molecule has 48 valence electrons. The summed E-state index contributed by atoms with van der Waals surface area (Å²) in [6.07, 6.45) is 3.30. The van der Waals surface area contributed by atoms with Gasteiger partial charge in [0, 0.05) is 0 Å². The highest BCUT2D eigenvalue weighted by Gasteiger charge is 1.97. The van der Waals surface area contributed by atoms with Crippen LogP contribution in [-0.4, -0.2) is 5.60 Å². The van der Waals surface area contributed by atoms with Crippen molar-refractivity contribution < 1.29 is 5.11 Å². The average Bonchev–Trinajstić information content (AvgIpc) is 1.59. The van der Waals surface area contributed by atoms with E-state index in [9.17, 15) is 5.11 Å². The highest BCUT2D eigenvalue weighted by atomic mass is 16.3.